The van der Waals surface area contributed by atoms with Gasteiger partial charge in [-0.05, 0) is 37.0 Å². The average molecular weight is 334 g/mol. The molecule has 2 rings (SSSR count). The van der Waals surface area contributed by atoms with Crippen molar-refractivity contribution in [2.45, 2.75) is 44.2 Å². The van der Waals surface area contributed by atoms with Crippen LogP contribution in [0.15, 0.2) is 24.3 Å². The van der Waals surface area contributed by atoms with E-state index in [1.165, 1.54) is 11.8 Å². The Kier molecular flexibility index (Phi) is 5.27. The molecule has 0 bridgehead atoms. The van der Waals surface area contributed by atoms with Gasteiger partial charge in [0.15, 0.2) is 0 Å². The van der Waals surface area contributed by atoms with Gasteiger partial charge in [0.2, 0.25) is 11.8 Å². The van der Waals surface area contributed by atoms with Gasteiger partial charge >= 0.3 is 0 Å². The lowest BCUT2D eigenvalue weighted by Crippen LogP contribution is -2.53. The number of hydrogen-bond donors (Lipinski definition) is 1. The number of hydrogen-bond acceptors (Lipinski definition) is 3. The number of nitrogens with one attached hydrogen (secondary N) is 1. The van der Waals surface area contributed by atoms with Crippen LogP contribution in [0.1, 0.15) is 44.2 Å². The van der Waals surface area contributed by atoms with E-state index in [4.69, 9.17) is 11.6 Å². The summed E-state index contributed by atoms with van der Waals surface area (Å²) in [6.45, 7) is 1.42. The van der Waals surface area contributed by atoms with Crippen molar-refractivity contribution < 1.29 is 9.59 Å². The fraction of sp³-hybridized carbons (Fsp3) is 0.471. The quantitative estimate of drug-likeness (QED) is 0.900. The summed E-state index contributed by atoms with van der Waals surface area (Å²) in [7, 11) is 1.66. The van der Waals surface area contributed by atoms with Crippen molar-refractivity contribution in [3.05, 3.63) is 34.9 Å². The number of rotatable bonds is 5. The minimum absolute atomic E-state index is 0.112. The Labute approximate surface area is 141 Å². The molecule has 2 amide bonds. The fourth-order valence-electron chi connectivity index (χ4n) is 2.78. The Balaban J connectivity index is 2.14. The molecule has 0 unspecified atom stereocenters. The number of nitrogens with zero attached hydrogens (tertiary/aromatic N) is 2. The SMILES string of the molecule is CC(=O)N[C@H](CC(=O)N(C)C1(C#N)CCC1)c1ccc(Cl)cc1. The van der Waals surface area contributed by atoms with Crippen molar-refractivity contribution in [3.8, 4) is 6.07 Å². The second-order valence-corrected chi connectivity index (χ2v) is 6.39. The highest BCUT2D eigenvalue weighted by Crippen LogP contribution is 2.37. The number of nitriles is 1. The van der Waals surface area contributed by atoms with E-state index in [1.807, 2.05) is 0 Å². The second kappa shape index (κ2) is 7.01. The highest BCUT2D eigenvalue weighted by molar-refractivity contribution is 6.30. The van der Waals surface area contributed by atoms with Crippen LogP contribution in [-0.2, 0) is 9.59 Å². The van der Waals surface area contributed by atoms with E-state index in [9.17, 15) is 14.9 Å². The zero-order valence-corrected chi connectivity index (χ0v) is 14.1. The molecule has 1 aromatic rings. The molecule has 0 radical (unpaired) electrons. The molecule has 1 N–H and O–H groups in total. The van der Waals surface area contributed by atoms with Crippen molar-refractivity contribution in [3.63, 3.8) is 0 Å². The summed E-state index contributed by atoms with van der Waals surface area (Å²) in [5, 5.41) is 12.7. The summed E-state index contributed by atoms with van der Waals surface area (Å²) in [5.74, 6) is -0.362. The van der Waals surface area contributed by atoms with Crippen LogP contribution < -0.4 is 5.32 Å². The van der Waals surface area contributed by atoms with Crippen molar-refractivity contribution in [2.24, 2.45) is 0 Å². The zero-order chi connectivity index (χ0) is 17.0. The molecule has 1 aromatic carbocycles. The molecular formula is C17H20ClN3O2. The van der Waals surface area contributed by atoms with Gasteiger partial charge in [-0.25, -0.2) is 0 Å². The summed E-state index contributed by atoms with van der Waals surface area (Å²) in [5.41, 5.74) is 0.128. The third kappa shape index (κ3) is 3.83. The number of amides is 2. The molecule has 0 spiro atoms. The number of carbonyl (C=O) groups excluding carboxylic acids is 2. The van der Waals surface area contributed by atoms with Crippen LogP contribution in [0.5, 0.6) is 0 Å². The minimum Gasteiger partial charge on any atom is -0.349 e. The normalized spacial score (nSPS) is 16.6. The fourth-order valence-corrected chi connectivity index (χ4v) is 2.90. The predicted molar refractivity (Wildman–Crippen MR) is 87.6 cm³/mol. The van der Waals surface area contributed by atoms with Gasteiger partial charge in [-0.2, -0.15) is 5.26 Å². The molecule has 1 fully saturated rings. The van der Waals surface area contributed by atoms with E-state index in [0.29, 0.717) is 17.9 Å². The van der Waals surface area contributed by atoms with Crippen LogP contribution in [-0.4, -0.2) is 29.3 Å². The van der Waals surface area contributed by atoms with E-state index in [1.54, 1.807) is 31.3 Å². The third-order valence-corrected chi connectivity index (χ3v) is 4.69. The second-order valence-electron chi connectivity index (χ2n) is 5.96. The van der Waals surface area contributed by atoms with E-state index in [-0.39, 0.29) is 18.2 Å². The molecule has 1 aliphatic carbocycles. The van der Waals surface area contributed by atoms with Gasteiger partial charge in [0, 0.05) is 19.0 Å². The van der Waals surface area contributed by atoms with Gasteiger partial charge in [-0.15, -0.1) is 0 Å². The molecular weight excluding hydrogens is 314 g/mol. The molecule has 1 saturated carbocycles. The number of benzene rings is 1. The summed E-state index contributed by atoms with van der Waals surface area (Å²) in [6, 6.07) is 8.85. The third-order valence-electron chi connectivity index (χ3n) is 4.43. The molecule has 0 heterocycles. The monoisotopic (exact) mass is 333 g/mol. The predicted octanol–water partition coefficient (Wildman–Crippen LogP) is 2.81. The van der Waals surface area contributed by atoms with Crippen LogP contribution >= 0.6 is 11.6 Å². The first-order chi connectivity index (χ1) is 10.9. The molecule has 6 heteroatoms. The molecule has 0 aliphatic heterocycles. The molecule has 5 nitrogen and oxygen atoms in total. The zero-order valence-electron chi connectivity index (χ0n) is 13.3. The maximum Gasteiger partial charge on any atom is 0.226 e. The van der Waals surface area contributed by atoms with Gasteiger partial charge in [0.1, 0.15) is 5.54 Å². The van der Waals surface area contributed by atoms with Gasteiger partial charge in [0.05, 0.1) is 18.5 Å². The standard InChI is InChI=1S/C17H20ClN3O2/c1-12(22)20-15(13-4-6-14(18)7-5-13)10-16(23)21(2)17(11-19)8-3-9-17/h4-7,15H,3,8-10H2,1-2H3,(H,20,22)/t15-/m1/s1. The van der Waals surface area contributed by atoms with Gasteiger partial charge < -0.3 is 10.2 Å². The molecule has 122 valence electrons. The average Bonchev–Trinajstić information content (AvgIpc) is 2.46. The summed E-state index contributed by atoms with van der Waals surface area (Å²) in [6.07, 6.45) is 2.48. The van der Waals surface area contributed by atoms with Crippen molar-refractivity contribution in [2.75, 3.05) is 7.05 Å². The molecule has 0 aromatic heterocycles. The topological polar surface area (TPSA) is 73.2 Å². The van der Waals surface area contributed by atoms with Gasteiger partial charge in [-0.1, -0.05) is 23.7 Å². The van der Waals surface area contributed by atoms with Gasteiger partial charge in [0.25, 0.3) is 0 Å². The lowest BCUT2D eigenvalue weighted by Gasteiger charge is -2.43. The number of halogens is 1. The van der Waals surface area contributed by atoms with E-state index >= 15 is 0 Å². The maximum atomic E-state index is 12.6. The highest BCUT2D eigenvalue weighted by Gasteiger charge is 2.43. The van der Waals surface area contributed by atoms with Crippen molar-refractivity contribution in [1.29, 1.82) is 5.26 Å². The Morgan fingerprint density at radius 3 is 2.43 bits per heavy atom. The first kappa shape index (κ1) is 17.3. The molecule has 0 saturated heterocycles. The Bertz CT molecular complexity index is 632. The minimum atomic E-state index is -0.683. The Hall–Kier alpha value is -2.06. The summed E-state index contributed by atoms with van der Waals surface area (Å²) in [4.78, 5) is 25.6. The summed E-state index contributed by atoms with van der Waals surface area (Å²) < 4.78 is 0. The smallest absolute Gasteiger partial charge is 0.226 e. The van der Waals surface area contributed by atoms with E-state index < -0.39 is 11.6 Å². The van der Waals surface area contributed by atoms with Crippen LogP contribution in [0, 0.1) is 11.3 Å². The van der Waals surface area contributed by atoms with Crippen LogP contribution in [0.25, 0.3) is 0 Å². The van der Waals surface area contributed by atoms with Crippen molar-refractivity contribution >= 4 is 23.4 Å². The van der Waals surface area contributed by atoms with Crippen LogP contribution in [0.3, 0.4) is 0 Å². The van der Waals surface area contributed by atoms with Crippen LogP contribution in [0.2, 0.25) is 5.02 Å². The highest BCUT2D eigenvalue weighted by atomic mass is 35.5. The Morgan fingerprint density at radius 1 is 1.39 bits per heavy atom. The molecule has 23 heavy (non-hydrogen) atoms. The maximum absolute atomic E-state index is 12.6. The Morgan fingerprint density at radius 2 is 2.00 bits per heavy atom. The number of carbonyl (C=O) groups is 2. The molecule has 1 aliphatic rings. The van der Waals surface area contributed by atoms with Crippen LogP contribution in [0.4, 0.5) is 0 Å². The first-order valence-electron chi connectivity index (χ1n) is 7.58. The first-order valence-corrected chi connectivity index (χ1v) is 7.96. The largest absolute Gasteiger partial charge is 0.349 e. The lowest BCUT2D eigenvalue weighted by molar-refractivity contribution is -0.137. The summed E-state index contributed by atoms with van der Waals surface area (Å²) >= 11 is 5.88. The van der Waals surface area contributed by atoms with Gasteiger partial charge in [-0.3, -0.25) is 9.59 Å². The van der Waals surface area contributed by atoms with E-state index in [0.717, 1.165) is 12.0 Å². The van der Waals surface area contributed by atoms with E-state index in [2.05, 4.69) is 11.4 Å². The molecule has 1 atom stereocenters. The lowest BCUT2D eigenvalue weighted by atomic mass is 9.76. The van der Waals surface area contributed by atoms with Crippen molar-refractivity contribution in [1.82, 2.24) is 10.2 Å².